The van der Waals surface area contributed by atoms with Gasteiger partial charge in [-0.2, -0.15) is 17.5 Å². The van der Waals surface area contributed by atoms with E-state index in [0.717, 1.165) is 47.3 Å². The molecule has 0 spiro atoms. The average molecular weight is 627 g/mol. The lowest BCUT2D eigenvalue weighted by atomic mass is 10.1. The van der Waals surface area contributed by atoms with Crippen molar-refractivity contribution in [3.63, 3.8) is 0 Å². The van der Waals surface area contributed by atoms with Crippen molar-refractivity contribution < 1.29 is 45.6 Å². The quantitative estimate of drug-likeness (QED) is 0.235. The summed E-state index contributed by atoms with van der Waals surface area (Å²) in [5.41, 5.74) is 4.92. The number of halogens is 4. The molecule has 1 fully saturated rings. The van der Waals surface area contributed by atoms with Crippen molar-refractivity contribution in [1.82, 2.24) is 13.9 Å². The molecule has 1 aromatic carbocycles. The van der Waals surface area contributed by atoms with Crippen molar-refractivity contribution in [2.75, 3.05) is 50.9 Å². The molecule has 4 rings (SSSR count). The van der Waals surface area contributed by atoms with E-state index >= 15 is 0 Å². The highest BCUT2D eigenvalue weighted by molar-refractivity contribution is 7.89. The minimum Gasteiger partial charge on any atom is -1.00 e. The normalized spacial score (nSPS) is 15.6. The van der Waals surface area contributed by atoms with Crippen LogP contribution >= 0.6 is 11.3 Å². The number of piperazine rings is 1. The number of anilines is 1. The van der Waals surface area contributed by atoms with Gasteiger partial charge in [-0.25, -0.2) is 18.0 Å². The van der Waals surface area contributed by atoms with E-state index in [1.165, 1.54) is 0 Å². The van der Waals surface area contributed by atoms with Gasteiger partial charge >= 0.3 is 6.18 Å². The Morgan fingerprint density at radius 3 is 2.26 bits per heavy atom. The Morgan fingerprint density at radius 2 is 1.68 bits per heavy atom. The first-order chi connectivity index (χ1) is 15.3. The van der Waals surface area contributed by atoms with E-state index in [1.807, 2.05) is 38.1 Å². The molecule has 0 radical (unpaired) electrons. The van der Waals surface area contributed by atoms with E-state index in [0.29, 0.717) is 13.1 Å². The zero-order valence-electron chi connectivity index (χ0n) is 19.3. The van der Waals surface area contributed by atoms with Gasteiger partial charge in [0.2, 0.25) is 15.4 Å². The van der Waals surface area contributed by atoms with Crippen LogP contribution in [0.1, 0.15) is 11.1 Å². The van der Waals surface area contributed by atoms with Gasteiger partial charge in [-0.05, 0) is 37.1 Å². The van der Waals surface area contributed by atoms with Crippen LogP contribution in [0.25, 0.3) is 20.8 Å². The van der Waals surface area contributed by atoms with Gasteiger partial charge in [0.05, 0.1) is 20.8 Å². The highest BCUT2D eigenvalue weighted by Gasteiger charge is 2.39. The summed E-state index contributed by atoms with van der Waals surface area (Å²) in [5, 5.41) is 1.10. The lowest BCUT2D eigenvalue weighted by Crippen LogP contribution is -3.00. The highest BCUT2D eigenvalue weighted by atomic mass is 127. The van der Waals surface area contributed by atoms with E-state index in [4.69, 9.17) is 4.98 Å². The van der Waals surface area contributed by atoms with Crippen LogP contribution in [0.3, 0.4) is 0 Å². The number of aryl methyl sites for hydroxylation is 2. The second-order valence-electron chi connectivity index (χ2n) is 8.58. The number of benzene rings is 2. The molecule has 0 unspecified atom stereocenters. The summed E-state index contributed by atoms with van der Waals surface area (Å²) in [7, 11) is -0.366. The Bertz CT molecular complexity index is 1360. The van der Waals surface area contributed by atoms with Crippen LogP contribution < -0.4 is 38.8 Å². The van der Waals surface area contributed by atoms with Crippen LogP contribution in [0.2, 0.25) is 0 Å². The van der Waals surface area contributed by atoms with Crippen molar-refractivity contribution >= 4 is 37.3 Å². The molecule has 1 aromatic rings. The number of hydrogen-bond donors (Lipinski definition) is 0. The van der Waals surface area contributed by atoms with Crippen molar-refractivity contribution in [2.45, 2.75) is 20.0 Å². The Kier molecular flexibility index (Phi) is 7.85. The fourth-order valence-corrected chi connectivity index (χ4v) is 6.61. The van der Waals surface area contributed by atoms with Crippen LogP contribution in [-0.4, -0.2) is 69.9 Å². The molecule has 0 bridgehead atoms. The van der Waals surface area contributed by atoms with Crippen molar-refractivity contribution in [3.05, 3.63) is 40.7 Å². The monoisotopic (exact) mass is 626 g/mol. The minimum atomic E-state index is -4.74. The van der Waals surface area contributed by atoms with Crippen LogP contribution in [0.4, 0.5) is 18.9 Å². The number of sulfonamides is 1. The summed E-state index contributed by atoms with van der Waals surface area (Å²) in [6.45, 7) is 4.76. The van der Waals surface area contributed by atoms with Crippen LogP contribution in [-0.2, 0) is 10.0 Å². The van der Waals surface area contributed by atoms with Crippen LogP contribution in [0, 0.1) is 13.8 Å². The largest absolute Gasteiger partial charge is 1.00 e. The summed E-state index contributed by atoms with van der Waals surface area (Å²) >= 11 is 1.65. The fraction of sp³-hybridized carbons (Fsp3) is 0.455. The molecule has 0 amide bonds. The number of rotatable bonds is 3. The zero-order valence-corrected chi connectivity index (χ0v) is 23.1. The molecule has 2 aliphatic heterocycles. The molecule has 0 N–H and O–H groups in total. The van der Waals surface area contributed by atoms with E-state index in [1.54, 1.807) is 11.3 Å². The lowest BCUT2D eigenvalue weighted by molar-refractivity contribution is -0.107. The van der Waals surface area contributed by atoms with Gasteiger partial charge in [-0.3, -0.25) is 0 Å². The van der Waals surface area contributed by atoms with Gasteiger partial charge in [0.25, 0.3) is 0 Å². The average Bonchev–Trinajstić information content (AvgIpc) is 2.71. The van der Waals surface area contributed by atoms with Gasteiger partial charge in [0, 0.05) is 44.0 Å². The standard InChI is InChI=1S/C22H26F3N4O2S2.HI/c1-14-9-16(27(3)4)11-18-20(14)26-21-15(2)10-17(12-19(21)32-18)28-5-7-29(8-6-28)33(30,31)13-22(23,24)25;/h9-12H,5-8,13H2,1-4H3;1H/q+1;/p-1. The summed E-state index contributed by atoms with van der Waals surface area (Å²) in [4.78, 5) is 8.01. The molecule has 186 valence electrons. The van der Waals surface area contributed by atoms with Gasteiger partial charge in [0.1, 0.15) is 14.1 Å². The number of aromatic nitrogens is 1. The number of nitrogens with zero attached hydrogens (tertiary/aromatic N) is 4. The van der Waals surface area contributed by atoms with E-state index in [2.05, 4.69) is 23.6 Å². The Morgan fingerprint density at radius 1 is 1.03 bits per heavy atom. The maximum atomic E-state index is 12.6. The number of hydrogen-bond acceptors (Lipinski definition) is 5. The van der Waals surface area contributed by atoms with Crippen molar-refractivity contribution in [1.29, 1.82) is 0 Å². The third-order valence-electron chi connectivity index (χ3n) is 5.80. The minimum absolute atomic E-state index is 0. The summed E-state index contributed by atoms with van der Waals surface area (Å²) in [5.74, 6) is -1.82. The van der Waals surface area contributed by atoms with Gasteiger partial charge in [0.15, 0.2) is 5.75 Å². The van der Waals surface area contributed by atoms with Crippen LogP contribution in [0.15, 0.2) is 24.3 Å². The predicted octanol–water partition coefficient (Wildman–Crippen LogP) is 0.0678. The third-order valence-corrected chi connectivity index (χ3v) is 8.71. The molecule has 6 nitrogen and oxygen atoms in total. The summed E-state index contributed by atoms with van der Waals surface area (Å²) < 4.78 is 66.0. The lowest BCUT2D eigenvalue weighted by Gasteiger charge is -2.35. The topological polar surface area (TPSA) is 56.5 Å². The maximum Gasteiger partial charge on any atom is 0.404 e. The first kappa shape index (κ1) is 27.1. The first-order valence-corrected chi connectivity index (χ1v) is 12.9. The molecule has 0 saturated carbocycles. The smallest absolute Gasteiger partial charge is 0.404 e. The summed E-state index contributed by atoms with van der Waals surface area (Å²) in [6.07, 6.45) is -4.74. The first-order valence-electron chi connectivity index (χ1n) is 10.5. The molecule has 1 aliphatic carbocycles. The Labute approximate surface area is 218 Å². The molecule has 12 heteroatoms. The molecule has 3 aliphatic rings. The SMILES string of the molecule is Cc1cc(=[N+](C)C)cc2sc3cc(N4CCN(S(=O)(=O)CC(F)(F)F)CC4)cc(C)c3nc1-2.[I-]. The van der Waals surface area contributed by atoms with Crippen LogP contribution in [0.5, 0.6) is 0 Å². The molecule has 0 atom stereocenters. The molecule has 1 saturated heterocycles. The highest BCUT2D eigenvalue weighted by Crippen LogP contribution is 2.35. The zero-order chi connectivity index (χ0) is 24.1. The Hall–Kier alpha value is -1.51. The molecule has 2 heterocycles. The number of alkyl halides is 3. The maximum absolute atomic E-state index is 12.6. The van der Waals surface area contributed by atoms with E-state index in [9.17, 15) is 21.6 Å². The predicted molar refractivity (Wildman–Crippen MR) is 126 cm³/mol. The molecular formula is C22H26F3IN4O2S2. The fourth-order valence-electron chi connectivity index (χ4n) is 4.09. The van der Waals surface area contributed by atoms with E-state index < -0.39 is 22.0 Å². The van der Waals surface area contributed by atoms with Gasteiger partial charge in [-0.15, -0.1) is 11.3 Å². The second-order valence-corrected chi connectivity index (χ2v) is 11.6. The Balaban J connectivity index is 0.00000324. The molecule has 34 heavy (non-hydrogen) atoms. The molecule has 0 aromatic heterocycles. The third kappa shape index (κ3) is 5.65. The van der Waals surface area contributed by atoms with E-state index in [-0.39, 0.29) is 37.1 Å². The second kappa shape index (κ2) is 9.86. The van der Waals surface area contributed by atoms with Gasteiger partial charge < -0.3 is 28.9 Å². The molecular weight excluding hydrogens is 600 g/mol. The van der Waals surface area contributed by atoms with Crippen molar-refractivity contribution in [2.24, 2.45) is 0 Å². The number of fused-ring (bicyclic) bond motifs is 2. The van der Waals surface area contributed by atoms with Gasteiger partial charge in [-0.1, -0.05) is 0 Å². The van der Waals surface area contributed by atoms with Crippen molar-refractivity contribution in [3.8, 4) is 10.6 Å². The summed E-state index contributed by atoms with van der Waals surface area (Å²) in [6, 6.07) is 8.28.